The van der Waals surface area contributed by atoms with E-state index in [4.69, 9.17) is 4.74 Å². The van der Waals surface area contributed by atoms with Crippen LogP contribution >= 0.6 is 0 Å². The first-order valence-electron chi connectivity index (χ1n) is 7.40. The zero-order valence-corrected chi connectivity index (χ0v) is 12.1. The van der Waals surface area contributed by atoms with Gasteiger partial charge in [0.05, 0.1) is 13.2 Å². The average molecular weight is 273 g/mol. The molecule has 0 atom stereocenters. The molecule has 0 aliphatic carbocycles. The van der Waals surface area contributed by atoms with Crippen LogP contribution in [0.25, 0.3) is 10.9 Å². The molecule has 0 amide bonds. The van der Waals surface area contributed by atoms with E-state index in [0.29, 0.717) is 0 Å². The zero-order valence-electron chi connectivity index (χ0n) is 12.1. The van der Waals surface area contributed by atoms with Crippen molar-refractivity contribution in [2.45, 2.75) is 13.5 Å². The smallest absolute Gasteiger partial charge is 0.0594 e. The first-order chi connectivity index (χ1) is 9.81. The Labute approximate surface area is 120 Å². The molecule has 4 heteroatoms. The monoisotopic (exact) mass is 273 g/mol. The lowest BCUT2D eigenvalue weighted by molar-refractivity contribution is 0.0384. The zero-order chi connectivity index (χ0) is 13.8. The van der Waals surface area contributed by atoms with E-state index in [9.17, 15) is 0 Å². The molecule has 1 aromatic carbocycles. The number of nitrogens with one attached hydrogen (secondary N) is 2. The van der Waals surface area contributed by atoms with E-state index >= 15 is 0 Å². The predicted octanol–water partition coefficient (Wildman–Crippen LogP) is 1.90. The van der Waals surface area contributed by atoms with Gasteiger partial charge in [0, 0.05) is 43.9 Å². The number of aromatic nitrogens is 1. The summed E-state index contributed by atoms with van der Waals surface area (Å²) in [6.07, 6.45) is 0. The van der Waals surface area contributed by atoms with Gasteiger partial charge in [-0.05, 0) is 30.0 Å². The highest BCUT2D eigenvalue weighted by molar-refractivity contribution is 5.80. The first kappa shape index (κ1) is 13.6. The Morgan fingerprint density at radius 3 is 2.95 bits per heavy atom. The van der Waals surface area contributed by atoms with Crippen LogP contribution in [0.2, 0.25) is 0 Å². The maximum Gasteiger partial charge on any atom is 0.0594 e. The van der Waals surface area contributed by atoms with Gasteiger partial charge in [0.1, 0.15) is 0 Å². The van der Waals surface area contributed by atoms with E-state index in [2.05, 4.69) is 46.4 Å². The van der Waals surface area contributed by atoms with Gasteiger partial charge >= 0.3 is 0 Å². The molecular weight excluding hydrogens is 250 g/mol. The molecule has 20 heavy (non-hydrogen) atoms. The summed E-state index contributed by atoms with van der Waals surface area (Å²) in [7, 11) is 0. The molecule has 1 saturated heterocycles. The summed E-state index contributed by atoms with van der Waals surface area (Å²) >= 11 is 0. The van der Waals surface area contributed by atoms with Crippen LogP contribution in [0.4, 0.5) is 0 Å². The van der Waals surface area contributed by atoms with Crippen LogP contribution in [0, 0.1) is 6.92 Å². The predicted molar refractivity (Wildman–Crippen MR) is 82.0 cm³/mol. The van der Waals surface area contributed by atoms with Gasteiger partial charge in [0.25, 0.3) is 0 Å². The van der Waals surface area contributed by atoms with Crippen molar-refractivity contribution in [3.63, 3.8) is 0 Å². The van der Waals surface area contributed by atoms with Gasteiger partial charge in [-0.3, -0.25) is 4.90 Å². The van der Waals surface area contributed by atoms with Gasteiger partial charge in [-0.15, -0.1) is 0 Å². The number of H-pyrrole nitrogens is 1. The molecule has 0 radical (unpaired) electrons. The van der Waals surface area contributed by atoms with Crippen molar-refractivity contribution in [3.8, 4) is 0 Å². The molecule has 2 heterocycles. The Bertz CT molecular complexity index is 558. The number of aromatic amines is 1. The van der Waals surface area contributed by atoms with Crippen molar-refractivity contribution in [2.24, 2.45) is 0 Å². The summed E-state index contributed by atoms with van der Waals surface area (Å²) in [5.74, 6) is 0. The molecule has 0 spiro atoms. The maximum atomic E-state index is 5.35. The molecule has 2 aromatic rings. The molecule has 108 valence electrons. The maximum absolute atomic E-state index is 5.35. The molecule has 0 bridgehead atoms. The fourth-order valence-electron chi connectivity index (χ4n) is 2.72. The van der Waals surface area contributed by atoms with Crippen molar-refractivity contribution in [1.82, 2.24) is 15.2 Å². The normalized spacial score (nSPS) is 16.9. The number of fused-ring (bicyclic) bond motifs is 1. The number of nitrogens with zero attached hydrogens (tertiary/aromatic N) is 1. The Morgan fingerprint density at radius 1 is 1.25 bits per heavy atom. The van der Waals surface area contributed by atoms with Crippen LogP contribution in [0.1, 0.15) is 11.3 Å². The van der Waals surface area contributed by atoms with Crippen LogP contribution < -0.4 is 5.32 Å². The number of aryl methyl sites for hydroxylation is 1. The van der Waals surface area contributed by atoms with Crippen molar-refractivity contribution in [1.29, 1.82) is 0 Å². The molecule has 1 aliphatic rings. The van der Waals surface area contributed by atoms with Gasteiger partial charge in [-0.25, -0.2) is 0 Å². The second-order valence-electron chi connectivity index (χ2n) is 5.50. The number of benzene rings is 1. The largest absolute Gasteiger partial charge is 0.379 e. The third kappa shape index (κ3) is 3.39. The van der Waals surface area contributed by atoms with Crippen molar-refractivity contribution in [3.05, 3.63) is 35.5 Å². The topological polar surface area (TPSA) is 40.3 Å². The lowest BCUT2D eigenvalue weighted by atomic mass is 10.1. The molecule has 0 unspecified atom stereocenters. The second kappa shape index (κ2) is 6.39. The number of morpholine rings is 1. The van der Waals surface area contributed by atoms with Crippen LogP contribution in [0.3, 0.4) is 0 Å². The summed E-state index contributed by atoms with van der Waals surface area (Å²) in [4.78, 5) is 5.84. The standard InChI is InChI=1S/C16H23N3O/c1-13-10-15-3-2-14(11-16(15)18-13)12-17-4-5-19-6-8-20-9-7-19/h2-3,10-11,17-18H,4-9,12H2,1H3. The molecule has 1 aromatic heterocycles. The van der Waals surface area contributed by atoms with Crippen LogP contribution in [-0.2, 0) is 11.3 Å². The Balaban J connectivity index is 1.46. The summed E-state index contributed by atoms with van der Waals surface area (Å²) in [5.41, 5.74) is 3.79. The van der Waals surface area contributed by atoms with E-state index < -0.39 is 0 Å². The SMILES string of the molecule is Cc1cc2ccc(CNCCN3CCOCC3)cc2[nH]1. The van der Waals surface area contributed by atoms with Gasteiger partial charge in [-0.2, -0.15) is 0 Å². The molecular formula is C16H23N3O. The van der Waals surface area contributed by atoms with Crippen LogP contribution in [0.15, 0.2) is 24.3 Å². The van der Waals surface area contributed by atoms with Crippen LogP contribution in [-0.4, -0.2) is 49.3 Å². The van der Waals surface area contributed by atoms with Crippen molar-refractivity contribution < 1.29 is 4.74 Å². The third-order valence-electron chi connectivity index (χ3n) is 3.86. The number of rotatable bonds is 5. The molecule has 1 fully saturated rings. The molecule has 4 nitrogen and oxygen atoms in total. The summed E-state index contributed by atoms with van der Waals surface area (Å²) < 4.78 is 5.35. The highest BCUT2D eigenvalue weighted by Crippen LogP contribution is 2.16. The highest BCUT2D eigenvalue weighted by atomic mass is 16.5. The lowest BCUT2D eigenvalue weighted by Crippen LogP contribution is -2.40. The summed E-state index contributed by atoms with van der Waals surface area (Å²) in [5, 5.41) is 4.82. The van der Waals surface area contributed by atoms with Crippen LogP contribution in [0.5, 0.6) is 0 Å². The number of hydrogen-bond donors (Lipinski definition) is 2. The quantitative estimate of drug-likeness (QED) is 0.817. The molecule has 1 aliphatic heterocycles. The van der Waals surface area contributed by atoms with Crippen molar-refractivity contribution >= 4 is 10.9 Å². The Kier molecular flexibility index (Phi) is 4.35. The summed E-state index contributed by atoms with van der Waals surface area (Å²) in [6, 6.07) is 8.82. The molecule has 2 N–H and O–H groups in total. The Hall–Kier alpha value is -1.36. The Morgan fingerprint density at radius 2 is 2.10 bits per heavy atom. The van der Waals surface area contributed by atoms with E-state index in [0.717, 1.165) is 45.9 Å². The van der Waals surface area contributed by atoms with Gasteiger partial charge in [-0.1, -0.05) is 12.1 Å². The third-order valence-corrected chi connectivity index (χ3v) is 3.86. The van der Waals surface area contributed by atoms with E-state index in [1.165, 1.54) is 22.2 Å². The minimum absolute atomic E-state index is 0.878. The first-order valence-corrected chi connectivity index (χ1v) is 7.40. The second-order valence-corrected chi connectivity index (χ2v) is 5.50. The lowest BCUT2D eigenvalue weighted by Gasteiger charge is -2.26. The minimum atomic E-state index is 0.878. The number of hydrogen-bond acceptors (Lipinski definition) is 3. The van der Waals surface area contributed by atoms with Gasteiger partial charge in [0.2, 0.25) is 0 Å². The average Bonchev–Trinajstić information content (AvgIpc) is 2.84. The van der Waals surface area contributed by atoms with Crippen molar-refractivity contribution in [2.75, 3.05) is 39.4 Å². The fraction of sp³-hybridized carbons (Fsp3) is 0.500. The van der Waals surface area contributed by atoms with E-state index in [1.54, 1.807) is 0 Å². The van der Waals surface area contributed by atoms with Gasteiger partial charge < -0.3 is 15.0 Å². The minimum Gasteiger partial charge on any atom is -0.379 e. The number of ether oxygens (including phenoxy) is 1. The van der Waals surface area contributed by atoms with E-state index in [1.807, 2.05) is 0 Å². The highest BCUT2D eigenvalue weighted by Gasteiger charge is 2.08. The molecule has 0 saturated carbocycles. The molecule has 3 rings (SSSR count). The van der Waals surface area contributed by atoms with E-state index in [-0.39, 0.29) is 0 Å². The fourth-order valence-corrected chi connectivity index (χ4v) is 2.72. The van der Waals surface area contributed by atoms with Gasteiger partial charge in [0.15, 0.2) is 0 Å². The summed E-state index contributed by atoms with van der Waals surface area (Å²) in [6.45, 7) is 9.05.